The van der Waals surface area contributed by atoms with Gasteiger partial charge in [-0.15, -0.1) is 0 Å². The van der Waals surface area contributed by atoms with Crippen LogP contribution in [0.5, 0.6) is 0 Å². The van der Waals surface area contributed by atoms with E-state index in [-0.39, 0.29) is 5.91 Å². The van der Waals surface area contributed by atoms with Gasteiger partial charge in [0.1, 0.15) is 5.71 Å². The zero-order chi connectivity index (χ0) is 19.5. The van der Waals surface area contributed by atoms with E-state index in [4.69, 9.17) is 0 Å². The van der Waals surface area contributed by atoms with Crippen molar-refractivity contribution in [3.63, 3.8) is 0 Å². The minimum absolute atomic E-state index is 0.318. The maximum absolute atomic E-state index is 12.6. The second-order valence-electron chi connectivity index (χ2n) is 6.85. The molecule has 1 atom stereocenters. The van der Waals surface area contributed by atoms with E-state index in [1.807, 2.05) is 32.1 Å². The number of hydrogen-bond acceptors (Lipinski definition) is 5. The highest BCUT2D eigenvalue weighted by atomic mass is 16.3. The third-order valence-electron chi connectivity index (χ3n) is 4.30. The number of nitrogens with zero attached hydrogens (tertiary/aromatic N) is 2. The fourth-order valence-electron chi connectivity index (χ4n) is 2.25. The molecule has 3 N–H and O–H groups in total. The van der Waals surface area contributed by atoms with E-state index in [0.717, 1.165) is 11.3 Å². The summed E-state index contributed by atoms with van der Waals surface area (Å²) in [5, 5.41) is 15.8. The summed E-state index contributed by atoms with van der Waals surface area (Å²) in [5.41, 5.74) is 2.85. The Morgan fingerprint density at radius 2 is 2.15 bits per heavy atom. The van der Waals surface area contributed by atoms with Crippen molar-refractivity contribution >= 4 is 17.3 Å². The first kappa shape index (κ1) is 19.6. The van der Waals surface area contributed by atoms with Crippen molar-refractivity contribution in [2.45, 2.75) is 46.3 Å². The quantitative estimate of drug-likeness (QED) is 0.758. The number of pyridine rings is 1. The molecule has 6 heteroatoms. The molecule has 1 aromatic heterocycles. The molecule has 1 aliphatic heterocycles. The Balaban J connectivity index is 2.29. The molecule has 1 aliphatic rings. The van der Waals surface area contributed by atoms with Crippen molar-refractivity contribution in [3.8, 4) is 0 Å². The van der Waals surface area contributed by atoms with Gasteiger partial charge < -0.3 is 15.7 Å². The molecule has 0 fully saturated rings. The van der Waals surface area contributed by atoms with E-state index in [1.54, 1.807) is 33.2 Å². The van der Waals surface area contributed by atoms with Crippen LogP contribution in [0.25, 0.3) is 5.70 Å². The number of carbonyl (C=O) groups is 1. The Labute approximate surface area is 154 Å². The molecular weight excluding hydrogens is 328 g/mol. The summed E-state index contributed by atoms with van der Waals surface area (Å²) in [4.78, 5) is 21.5. The van der Waals surface area contributed by atoms with Crippen LogP contribution in [0, 0.1) is 6.92 Å². The first-order chi connectivity index (χ1) is 12.1. The van der Waals surface area contributed by atoms with Gasteiger partial charge in [0.2, 0.25) is 0 Å². The SMILES string of the molecule is C=C1NC=C(C(=O)N[C@@H](C)C(C)(C)O)C1=N/C(=C\C)c1ccc(C)nc1. The van der Waals surface area contributed by atoms with Crippen molar-refractivity contribution in [2.24, 2.45) is 4.99 Å². The van der Waals surface area contributed by atoms with Crippen molar-refractivity contribution in [3.05, 3.63) is 59.7 Å². The summed E-state index contributed by atoms with van der Waals surface area (Å²) in [6.45, 7) is 12.8. The topological polar surface area (TPSA) is 86.6 Å². The van der Waals surface area contributed by atoms with Crippen LogP contribution < -0.4 is 10.6 Å². The van der Waals surface area contributed by atoms with Gasteiger partial charge in [0.25, 0.3) is 5.91 Å². The Bertz CT molecular complexity index is 796. The van der Waals surface area contributed by atoms with Crippen LogP contribution in [0.2, 0.25) is 0 Å². The number of amides is 1. The molecule has 138 valence electrons. The molecule has 1 amide bonds. The van der Waals surface area contributed by atoms with Gasteiger partial charge in [-0.3, -0.25) is 9.78 Å². The average Bonchev–Trinajstić information content (AvgIpc) is 2.93. The van der Waals surface area contributed by atoms with Crippen LogP contribution in [0.3, 0.4) is 0 Å². The van der Waals surface area contributed by atoms with Crippen molar-refractivity contribution < 1.29 is 9.90 Å². The number of rotatable bonds is 5. The van der Waals surface area contributed by atoms with Gasteiger partial charge in [-0.2, -0.15) is 0 Å². The maximum Gasteiger partial charge on any atom is 0.255 e. The van der Waals surface area contributed by atoms with Gasteiger partial charge in [-0.25, -0.2) is 4.99 Å². The highest BCUT2D eigenvalue weighted by molar-refractivity contribution is 6.30. The summed E-state index contributed by atoms with van der Waals surface area (Å²) in [5.74, 6) is -0.318. The fourth-order valence-corrected chi connectivity index (χ4v) is 2.25. The third-order valence-corrected chi connectivity index (χ3v) is 4.30. The van der Waals surface area contributed by atoms with Crippen LogP contribution in [0.4, 0.5) is 0 Å². The van der Waals surface area contributed by atoms with Crippen LogP contribution in [0.1, 0.15) is 39.0 Å². The van der Waals surface area contributed by atoms with Crippen molar-refractivity contribution in [2.75, 3.05) is 0 Å². The van der Waals surface area contributed by atoms with Gasteiger partial charge in [-0.05, 0) is 46.8 Å². The Morgan fingerprint density at radius 3 is 2.69 bits per heavy atom. The van der Waals surface area contributed by atoms with Crippen LogP contribution in [-0.2, 0) is 4.79 Å². The Morgan fingerprint density at radius 1 is 1.46 bits per heavy atom. The minimum atomic E-state index is -1.03. The number of allylic oxidation sites excluding steroid dienone is 2. The molecule has 0 unspecified atom stereocenters. The van der Waals surface area contributed by atoms with E-state index >= 15 is 0 Å². The second kappa shape index (κ2) is 7.66. The van der Waals surface area contributed by atoms with Crippen molar-refractivity contribution in [1.82, 2.24) is 15.6 Å². The lowest BCUT2D eigenvalue weighted by molar-refractivity contribution is -0.119. The zero-order valence-corrected chi connectivity index (χ0v) is 15.9. The Hall–Kier alpha value is -2.73. The molecular formula is C20H26N4O2. The fraction of sp³-hybridized carbons (Fsp3) is 0.350. The number of aliphatic hydroxyl groups is 1. The van der Waals surface area contributed by atoms with Crippen LogP contribution in [-0.4, -0.2) is 33.4 Å². The molecule has 0 bridgehead atoms. The van der Waals surface area contributed by atoms with Gasteiger partial charge in [0.15, 0.2) is 0 Å². The lowest BCUT2D eigenvalue weighted by atomic mass is 10.00. The van der Waals surface area contributed by atoms with E-state index in [2.05, 4.69) is 27.2 Å². The predicted octanol–water partition coefficient (Wildman–Crippen LogP) is 2.47. The van der Waals surface area contributed by atoms with Gasteiger partial charge in [0, 0.05) is 23.7 Å². The zero-order valence-electron chi connectivity index (χ0n) is 15.9. The molecule has 0 radical (unpaired) electrons. The monoisotopic (exact) mass is 354 g/mol. The summed E-state index contributed by atoms with van der Waals surface area (Å²) < 4.78 is 0. The van der Waals surface area contributed by atoms with E-state index in [0.29, 0.717) is 22.7 Å². The highest BCUT2D eigenvalue weighted by Gasteiger charge is 2.29. The second-order valence-corrected chi connectivity index (χ2v) is 6.85. The number of aliphatic imine (C=N–C) groups is 1. The van der Waals surface area contributed by atoms with Crippen LogP contribution >= 0.6 is 0 Å². The summed E-state index contributed by atoms with van der Waals surface area (Å²) in [7, 11) is 0. The Kier molecular flexibility index (Phi) is 5.77. The smallest absolute Gasteiger partial charge is 0.255 e. The first-order valence-corrected chi connectivity index (χ1v) is 8.51. The van der Waals surface area contributed by atoms with E-state index < -0.39 is 11.6 Å². The minimum Gasteiger partial charge on any atom is -0.388 e. The molecule has 2 rings (SSSR count). The molecule has 0 saturated carbocycles. The largest absolute Gasteiger partial charge is 0.388 e. The van der Waals surface area contributed by atoms with E-state index in [9.17, 15) is 9.90 Å². The number of aryl methyl sites for hydroxylation is 1. The molecule has 0 saturated heterocycles. The molecule has 26 heavy (non-hydrogen) atoms. The van der Waals surface area contributed by atoms with Crippen molar-refractivity contribution in [1.29, 1.82) is 0 Å². The summed E-state index contributed by atoms with van der Waals surface area (Å²) >= 11 is 0. The molecule has 6 nitrogen and oxygen atoms in total. The summed E-state index contributed by atoms with van der Waals surface area (Å²) in [6, 6.07) is 3.43. The van der Waals surface area contributed by atoms with Crippen LogP contribution in [0.15, 0.2) is 53.4 Å². The molecule has 0 aliphatic carbocycles. The number of hydrogen-bond donors (Lipinski definition) is 3. The molecule has 0 aromatic carbocycles. The number of carbonyl (C=O) groups excluding carboxylic acids is 1. The summed E-state index contributed by atoms with van der Waals surface area (Å²) in [6.07, 6.45) is 5.19. The highest BCUT2D eigenvalue weighted by Crippen LogP contribution is 2.21. The maximum atomic E-state index is 12.6. The number of aromatic nitrogens is 1. The molecule has 2 heterocycles. The lowest BCUT2D eigenvalue weighted by Gasteiger charge is -2.26. The molecule has 0 spiro atoms. The third kappa shape index (κ3) is 4.46. The lowest BCUT2D eigenvalue weighted by Crippen LogP contribution is -2.48. The van der Waals surface area contributed by atoms with E-state index in [1.165, 1.54) is 0 Å². The molecule has 1 aromatic rings. The van der Waals surface area contributed by atoms with Gasteiger partial charge in [0.05, 0.1) is 28.6 Å². The van der Waals surface area contributed by atoms with Gasteiger partial charge in [-0.1, -0.05) is 12.7 Å². The number of nitrogens with one attached hydrogen (secondary N) is 2. The predicted molar refractivity (Wildman–Crippen MR) is 104 cm³/mol. The average molecular weight is 354 g/mol. The standard InChI is InChI=1S/C20H26N4O2/c1-7-17(15-9-8-12(2)21-10-15)24-18-13(3)22-11-16(18)19(25)23-14(4)20(5,6)26/h7-11,14,22,26H,3H2,1-2,4-6H3,(H,23,25)/b17-7-,24-18?/t14-/m0/s1. The first-order valence-electron chi connectivity index (χ1n) is 8.51. The van der Waals surface area contributed by atoms with Gasteiger partial charge >= 0.3 is 0 Å². The normalized spacial score (nSPS) is 17.8.